The van der Waals surface area contributed by atoms with Crippen LogP contribution in [0.25, 0.3) is 0 Å². The first-order valence-electron chi connectivity index (χ1n) is 8.03. The lowest BCUT2D eigenvalue weighted by atomic mass is 9.91. The maximum atomic E-state index is 12.8. The number of furan rings is 1. The summed E-state index contributed by atoms with van der Waals surface area (Å²) in [4.78, 5) is 14.7. The van der Waals surface area contributed by atoms with Gasteiger partial charge in [-0.25, -0.2) is 0 Å². The van der Waals surface area contributed by atoms with Crippen LogP contribution in [0.3, 0.4) is 0 Å². The Balaban J connectivity index is 1.58. The number of nitrogens with zero attached hydrogens (tertiary/aromatic N) is 2. The van der Waals surface area contributed by atoms with Crippen LogP contribution in [-0.2, 0) is 0 Å². The van der Waals surface area contributed by atoms with Crippen LogP contribution in [0.2, 0.25) is 0 Å². The van der Waals surface area contributed by atoms with E-state index in [1.165, 1.54) is 0 Å². The van der Waals surface area contributed by atoms with Crippen LogP contribution >= 0.6 is 0 Å². The third kappa shape index (κ3) is 2.45. The lowest BCUT2D eigenvalue weighted by molar-refractivity contribution is 0.0510. The van der Waals surface area contributed by atoms with Gasteiger partial charge in [-0.1, -0.05) is 12.1 Å². The molecule has 2 aliphatic rings. The molecular weight excluding hydrogens is 280 g/mol. The van der Waals surface area contributed by atoms with Gasteiger partial charge in [0.25, 0.3) is 5.91 Å². The minimum Gasteiger partial charge on any atom is -0.467 e. The molecule has 116 valence electrons. The number of likely N-dealkylation sites (tertiary alicyclic amines) is 1. The van der Waals surface area contributed by atoms with Crippen LogP contribution in [0.4, 0.5) is 0 Å². The summed E-state index contributed by atoms with van der Waals surface area (Å²) in [5.41, 5.74) is 0.424. The SMILES string of the molecule is C[C@@H]1CCN(C(=O)c2cc(C3CC3)on2)[C@@H](c2ccco2)C1. The highest BCUT2D eigenvalue weighted by Gasteiger charge is 2.35. The number of hydrogen-bond donors (Lipinski definition) is 0. The molecule has 0 spiro atoms. The fourth-order valence-corrected chi connectivity index (χ4v) is 3.23. The normalized spacial score (nSPS) is 25.4. The van der Waals surface area contributed by atoms with E-state index in [2.05, 4.69) is 12.1 Å². The highest BCUT2D eigenvalue weighted by Crippen LogP contribution is 2.41. The average molecular weight is 300 g/mol. The summed E-state index contributed by atoms with van der Waals surface area (Å²) in [5, 5.41) is 3.99. The summed E-state index contributed by atoms with van der Waals surface area (Å²) in [6.07, 6.45) is 5.87. The number of hydrogen-bond acceptors (Lipinski definition) is 4. The fraction of sp³-hybridized carbons (Fsp3) is 0.529. The Morgan fingerprint density at radius 2 is 2.18 bits per heavy atom. The molecule has 1 aliphatic carbocycles. The largest absolute Gasteiger partial charge is 0.467 e. The molecule has 5 heteroatoms. The van der Waals surface area contributed by atoms with Gasteiger partial charge in [-0.3, -0.25) is 4.79 Å². The average Bonchev–Trinajstić information content (AvgIpc) is 3.05. The Labute approximate surface area is 129 Å². The van der Waals surface area contributed by atoms with Gasteiger partial charge >= 0.3 is 0 Å². The Morgan fingerprint density at radius 3 is 2.91 bits per heavy atom. The molecule has 2 aromatic heterocycles. The third-order valence-corrected chi connectivity index (χ3v) is 4.72. The predicted octanol–water partition coefficient (Wildman–Crippen LogP) is 3.76. The van der Waals surface area contributed by atoms with Crippen molar-refractivity contribution < 1.29 is 13.7 Å². The highest BCUT2D eigenvalue weighted by molar-refractivity contribution is 5.92. The number of carbonyl (C=O) groups excluding carboxylic acids is 1. The maximum Gasteiger partial charge on any atom is 0.276 e. The van der Waals surface area contributed by atoms with Crippen molar-refractivity contribution in [2.24, 2.45) is 5.92 Å². The number of piperidine rings is 1. The first kappa shape index (κ1) is 13.6. The minimum atomic E-state index is -0.0519. The van der Waals surface area contributed by atoms with E-state index in [0.717, 1.165) is 43.7 Å². The first-order chi connectivity index (χ1) is 10.7. The molecular formula is C17H20N2O3. The molecule has 1 saturated carbocycles. The monoisotopic (exact) mass is 300 g/mol. The van der Waals surface area contributed by atoms with E-state index in [1.54, 1.807) is 6.26 Å². The van der Waals surface area contributed by atoms with E-state index < -0.39 is 0 Å². The Kier molecular flexibility index (Phi) is 3.28. The summed E-state index contributed by atoms with van der Waals surface area (Å²) >= 11 is 0. The van der Waals surface area contributed by atoms with Gasteiger partial charge in [-0.05, 0) is 43.7 Å². The number of rotatable bonds is 3. The van der Waals surface area contributed by atoms with E-state index in [0.29, 0.717) is 17.5 Å². The van der Waals surface area contributed by atoms with Crippen molar-refractivity contribution in [2.75, 3.05) is 6.54 Å². The van der Waals surface area contributed by atoms with Gasteiger partial charge in [0.2, 0.25) is 0 Å². The summed E-state index contributed by atoms with van der Waals surface area (Å²) in [7, 11) is 0. The van der Waals surface area contributed by atoms with E-state index >= 15 is 0 Å². The zero-order valence-corrected chi connectivity index (χ0v) is 12.7. The molecule has 0 N–H and O–H groups in total. The molecule has 5 nitrogen and oxygen atoms in total. The first-order valence-corrected chi connectivity index (χ1v) is 8.03. The Morgan fingerprint density at radius 1 is 1.32 bits per heavy atom. The van der Waals surface area contributed by atoms with Crippen molar-refractivity contribution in [1.29, 1.82) is 0 Å². The zero-order valence-electron chi connectivity index (χ0n) is 12.7. The maximum absolute atomic E-state index is 12.8. The lowest BCUT2D eigenvalue weighted by Gasteiger charge is -2.36. The number of amides is 1. The van der Waals surface area contributed by atoms with Gasteiger partial charge < -0.3 is 13.8 Å². The van der Waals surface area contributed by atoms with E-state index in [9.17, 15) is 4.79 Å². The predicted molar refractivity (Wildman–Crippen MR) is 79.4 cm³/mol. The Bertz CT molecular complexity index is 657. The van der Waals surface area contributed by atoms with Crippen LogP contribution in [0, 0.1) is 5.92 Å². The van der Waals surface area contributed by atoms with Gasteiger partial charge in [0.05, 0.1) is 12.3 Å². The molecule has 22 heavy (non-hydrogen) atoms. The van der Waals surface area contributed by atoms with E-state index in [1.807, 2.05) is 23.1 Å². The zero-order chi connectivity index (χ0) is 15.1. The molecule has 1 amide bonds. The second-order valence-corrected chi connectivity index (χ2v) is 6.55. The number of aromatic nitrogens is 1. The highest BCUT2D eigenvalue weighted by atomic mass is 16.5. The second-order valence-electron chi connectivity index (χ2n) is 6.55. The van der Waals surface area contributed by atoms with Crippen LogP contribution in [0.1, 0.15) is 66.6 Å². The molecule has 4 rings (SSSR count). The van der Waals surface area contributed by atoms with E-state index in [4.69, 9.17) is 8.94 Å². The molecule has 3 heterocycles. The molecule has 1 saturated heterocycles. The number of carbonyl (C=O) groups is 1. The minimum absolute atomic E-state index is 0.00711. The fourth-order valence-electron chi connectivity index (χ4n) is 3.23. The van der Waals surface area contributed by atoms with Gasteiger partial charge in [-0.2, -0.15) is 0 Å². The van der Waals surface area contributed by atoms with Crippen LogP contribution in [-0.4, -0.2) is 22.5 Å². The van der Waals surface area contributed by atoms with Gasteiger partial charge in [0, 0.05) is 18.5 Å². The lowest BCUT2D eigenvalue weighted by Crippen LogP contribution is -2.40. The standard InChI is InChI=1S/C17H20N2O3/c1-11-6-7-19(14(9-11)15-3-2-8-21-15)17(20)13-10-16(22-18-13)12-4-5-12/h2-3,8,10-12,14H,4-7,9H2,1H3/t11-,14-/m1/s1. The third-order valence-electron chi connectivity index (χ3n) is 4.72. The molecule has 0 aromatic carbocycles. The van der Waals surface area contributed by atoms with Crippen molar-refractivity contribution >= 4 is 5.91 Å². The van der Waals surface area contributed by atoms with Crippen LogP contribution in [0.5, 0.6) is 0 Å². The topological polar surface area (TPSA) is 59.5 Å². The summed E-state index contributed by atoms with van der Waals surface area (Å²) in [5.74, 6) is 2.70. The molecule has 0 unspecified atom stereocenters. The quantitative estimate of drug-likeness (QED) is 0.866. The summed E-state index contributed by atoms with van der Waals surface area (Å²) in [6.45, 7) is 2.95. The molecule has 0 radical (unpaired) electrons. The van der Waals surface area contributed by atoms with Crippen molar-refractivity contribution in [1.82, 2.24) is 10.1 Å². The molecule has 0 bridgehead atoms. The molecule has 2 aromatic rings. The van der Waals surface area contributed by atoms with Crippen molar-refractivity contribution in [3.05, 3.63) is 41.7 Å². The Hall–Kier alpha value is -2.04. The summed E-state index contributed by atoms with van der Waals surface area (Å²) < 4.78 is 10.9. The van der Waals surface area contributed by atoms with E-state index in [-0.39, 0.29) is 11.9 Å². The van der Waals surface area contributed by atoms with Gasteiger partial charge in [0.1, 0.15) is 11.5 Å². The van der Waals surface area contributed by atoms with Crippen LogP contribution in [0.15, 0.2) is 33.4 Å². The van der Waals surface area contributed by atoms with Crippen LogP contribution < -0.4 is 0 Å². The molecule has 1 aliphatic heterocycles. The smallest absolute Gasteiger partial charge is 0.276 e. The van der Waals surface area contributed by atoms with Gasteiger partial charge in [0.15, 0.2) is 5.69 Å². The molecule has 2 atom stereocenters. The van der Waals surface area contributed by atoms with Crippen molar-refractivity contribution in [3.8, 4) is 0 Å². The molecule has 2 fully saturated rings. The second kappa shape index (κ2) is 5.30. The summed E-state index contributed by atoms with van der Waals surface area (Å²) in [6, 6.07) is 5.63. The van der Waals surface area contributed by atoms with Crippen molar-refractivity contribution in [2.45, 2.75) is 44.6 Å². The van der Waals surface area contributed by atoms with Crippen molar-refractivity contribution in [3.63, 3.8) is 0 Å². The van der Waals surface area contributed by atoms with Gasteiger partial charge in [-0.15, -0.1) is 0 Å².